The molecular formula is C11H20N4O3S. The van der Waals surface area contributed by atoms with Crippen LogP contribution in [0.5, 0.6) is 0 Å². The molecule has 0 amide bonds. The average Bonchev–Trinajstić information content (AvgIpc) is 2.88. The van der Waals surface area contributed by atoms with Crippen molar-refractivity contribution in [2.75, 3.05) is 26.3 Å². The highest BCUT2D eigenvalue weighted by Gasteiger charge is 2.20. The monoisotopic (exact) mass is 288 g/mol. The van der Waals surface area contributed by atoms with Crippen LogP contribution in [0.4, 0.5) is 0 Å². The minimum Gasteiger partial charge on any atom is -0.381 e. The van der Waals surface area contributed by atoms with Crippen molar-refractivity contribution in [3.05, 3.63) is 12.4 Å². The fourth-order valence-corrected chi connectivity index (χ4v) is 3.09. The number of nitrogens with two attached hydrogens (primary N) is 1. The summed E-state index contributed by atoms with van der Waals surface area (Å²) in [6.07, 6.45) is 4.82. The Morgan fingerprint density at radius 1 is 1.58 bits per heavy atom. The molecular weight excluding hydrogens is 268 g/mol. The molecule has 0 radical (unpaired) electrons. The number of nitrogens with zero attached hydrogens (tertiary/aromatic N) is 2. The van der Waals surface area contributed by atoms with E-state index in [9.17, 15) is 8.42 Å². The van der Waals surface area contributed by atoms with Gasteiger partial charge in [0.1, 0.15) is 4.90 Å². The van der Waals surface area contributed by atoms with Crippen LogP contribution in [-0.2, 0) is 21.3 Å². The van der Waals surface area contributed by atoms with Gasteiger partial charge in [-0.2, -0.15) is 5.10 Å². The number of rotatable bonds is 6. The maximum absolute atomic E-state index is 12.1. The molecule has 19 heavy (non-hydrogen) atoms. The quantitative estimate of drug-likeness (QED) is 0.738. The van der Waals surface area contributed by atoms with E-state index in [-0.39, 0.29) is 10.8 Å². The van der Waals surface area contributed by atoms with E-state index in [1.807, 2.05) is 0 Å². The molecule has 108 valence electrons. The molecule has 2 rings (SSSR count). The lowest BCUT2D eigenvalue weighted by atomic mass is 10.0. The first-order valence-electron chi connectivity index (χ1n) is 6.42. The zero-order valence-corrected chi connectivity index (χ0v) is 11.6. The lowest BCUT2D eigenvalue weighted by Gasteiger charge is -2.21. The second-order valence-corrected chi connectivity index (χ2v) is 6.43. The van der Waals surface area contributed by atoms with E-state index in [1.165, 1.54) is 17.1 Å². The summed E-state index contributed by atoms with van der Waals surface area (Å²) in [5, 5.41) is 3.96. The largest absolute Gasteiger partial charge is 0.381 e. The fourth-order valence-electron chi connectivity index (χ4n) is 2.02. The Balaban J connectivity index is 1.92. The summed E-state index contributed by atoms with van der Waals surface area (Å²) in [7, 11) is -3.49. The third kappa shape index (κ3) is 4.00. The summed E-state index contributed by atoms with van der Waals surface area (Å²) >= 11 is 0. The smallest absolute Gasteiger partial charge is 0.243 e. The van der Waals surface area contributed by atoms with Gasteiger partial charge in [0.05, 0.1) is 19.3 Å². The highest BCUT2D eigenvalue weighted by Crippen LogP contribution is 2.14. The normalized spacial score (nSPS) is 20.6. The van der Waals surface area contributed by atoms with Gasteiger partial charge in [-0.1, -0.05) is 0 Å². The third-order valence-electron chi connectivity index (χ3n) is 3.09. The van der Waals surface area contributed by atoms with Crippen LogP contribution in [0.25, 0.3) is 0 Å². The molecule has 0 aliphatic carbocycles. The molecule has 1 fully saturated rings. The van der Waals surface area contributed by atoms with Crippen LogP contribution in [0.2, 0.25) is 0 Å². The molecule has 1 aromatic rings. The van der Waals surface area contributed by atoms with Crippen molar-refractivity contribution in [3.63, 3.8) is 0 Å². The van der Waals surface area contributed by atoms with Crippen LogP contribution in [0.3, 0.4) is 0 Å². The van der Waals surface area contributed by atoms with Crippen molar-refractivity contribution in [2.45, 2.75) is 24.3 Å². The van der Waals surface area contributed by atoms with Crippen molar-refractivity contribution in [3.8, 4) is 0 Å². The van der Waals surface area contributed by atoms with Crippen molar-refractivity contribution in [1.82, 2.24) is 14.5 Å². The highest BCUT2D eigenvalue weighted by atomic mass is 32.2. The summed E-state index contributed by atoms with van der Waals surface area (Å²) < 4.78 is 33.6. The molecule has 0 bridgehead atoms. The molecule has 1 saturated heterocycles. The van der Waals surface area contributed by atoms with Crippen LogP contribution in [-0.4, -0.2) is 44.5 Å². The Bertz CT molecular complexity index is 494. The maximum atomic E-state index is 12.1. The molecule has 2 heterocycles. The van der Waals surface area contributed by atoms with E-state index in [2.05, 4.69) is 9.82 Å². The van der Waals surface area contributed by atoms with Crippen molar-refractivity contribution in [1.29, 1.82) is 0 Å². The van der Waals surface area contributed by atoms with Gasteiger partial charge in [0.2, 0.25) is 10.0 Å². The Labute approximate surface area is 113 Å². The second kappa shape index (κ2) is 6.47. The zero-order chi connectivity index (χ0) is 13.7. The molecule has 1 aromatic heterocycles. The first-order chi connectivity index (χ1) is 9.12. The van der Waals surface area contributed by atoms with Crippen LogP contribution in [0, 0.1) is 5.92 Å². The molecule has 0 aromatic carbocycles. The van der Waals surface area contributed by atoms with E-state index in [0.29, 0.717) is 26.2 Å². The maximum Gasteiger partial charge on any atom is 0.243 e. The van der Waals surface area contributed by atoms with Crippen LogP contribution < -0.4 is 10.5 Å². The number of nitrogens with one attached hydrogen (secondary N) is 1. The minimum atomic E-state index is -3.49. The van der Waals surface area contributed by atoms with E-state index in [4.69, 9.17) is 10.5 Å². The first-order valence-corrected chi connectivity index (χ1v) is 7.90. The predicted molar refractivity (Wildman–Crippen MR) is 70.0 cm³/mol. The summed E-state index contributed by atoms with van der Waals surface area (Å²) in [4.78, 5) is 0.178. The molecule has 0 saturated carbocycles. The predicted octanol–water partition coefficient (Wildman–Crippen LogP) is -0.453. The van der Waals surface area contributed by atoms with E-state index >= 15 is 0 Å². The standard InChI is InChI=1S/C11H20N4O3S/c12-3-4-15-8-11(7-13-15)19(16,17)14-6-10-2-1-5-18-9-10/h7-8,10,14H,1-6,9,12H2. The van der Waals surface area contributed by atoms with Crippen molar-refractivity contribution >= 4 is 10.0 Å². The van der Waals surface area contributed by atoms with E-state index < -0.39 is 10.0 Å². The van der Waals surface area contributed by atoms with Gasteiger partial charge in [-0.3, -0.25) is 4.68 Å². The van der Waals surface area contributed by atoms with Gasteiger partial charge in [-0.25, -0.2) is 13.1 Å². The molecule has 1 aliphatic rings. The van der Waals surface area contributed by atoms with Crippen molar-refractivity contribution in [2.24, 2.45) is 11.7 Å². The molecule has 8 heteroatoms. The molecule has 7 nitrogen and oxygen atoms in total. The van der Waals surface area contributed by atoms with Gasteiger partial charge >= 0.3 is 0 Å². The Morgan fingerprint density at radius 3 is 3.11 bits per heavy atom. The van der Waals surface area contributed by atoms with Gasteiger partial charge in [-0.15, -0.1) is 0 Å². The lowest BCUT2D eigenvalue weighted by Crippen LogP contribution is -2.33. The molecule has 1 atom stereocenters. The van der Waals surface area contributed by atoms with Crippen LogP contribution in [0.15, 0.2) is 17.3 Å². The Hall–Kier alpha value is -0.960. The highest BCUT2D eigenvalue weighted by molar-refractivity contribution is 7.89. The van der Waals surface area contributed by atoms with E-state index in [1.54, 1.807) is 0 Å². The number of sulfonamides is 1. The van der Waals surface area contributed by atoms with Gasteiger partial charge in [-0.05, 0) is 18.8 Å². The number of aromatic nitrogens is 2. The number of hydrogen-bond donors (Lipinski definition) is 2. The zero-order valence-electron chi connectivity index (χ0n) is 10.8. The molecule has 0 spiro atoms. The Kier molecular flexibility index (Phi) is 4.92. The van der Waals surface area contributed by atoms with Gasteiger partial charge in [0.25, 0.3) is 0 Å². The minimum absolute atomic E-state index is 0.178. The van der Waals surface area contributed by atoms with Gasteiger partial charge < -0.3 is 10.5 Å². The average molecular weight is 288 g/mol. The first kappa shape index (κ1) is 14.4. The SMILES string of the molecule is NCCn1cc(S(=O)(=O)NCC2CCCOC2)cn1. The van der Waals surface area contributed by atoms with Gasteiger partial charge in [0, 0.05) is 25.9 Å². The summed E-state index contributed by atoms with van der Waals surface area (Å²) in [6.45, 7) is 2.73. The molecule has 3 N–H and O–H groups in total. The lowest BCUT2D eigenvalue weighted by molar-refractivity contribution is 0.0568. The summed E-state index contributed by atoms with van der Waals surface area (Å²) in [5.41, 5.74) is 5.40. The number of ether oxygens (including phenoxy) is 1. The van der Waals surface area contributed by atoms with Crippen LogP contribution >= 0.6 is 0 Å². The topological polar surface area (TPSA) is 99.2 Å². The fraction of sp³-hybridized carbons (Fsp3) is 0.727. The Morgan fingerprint density at radius 2 is 2.42 bits per heavy atom. The van der Waals surface area contributed by atoms with E-state index in [0.717, 1.165) is 19.4 Å². The summed E-state index contributed by atoms with van der Waals surface area (Å²) in [6, 6.07) is 0. The molecule has 1 unspecified atom stereocenters. The van der Waals surface area contributed by atoms with Gasteiger partial charge in [0.15, 0.2) is 0 Å². The third-order valence-corrected chi connectivity index (χ3v) is 4.47. The van der Waals surface area contributed by atoms with Crippen LogP contribution in [0.1, 0.15) is 12.8 Å². The molecule has 1 aliphatic heterocycles. The van der Waals surface area contributed by atoms with Crippen molar-refractivity contribution < 1.29 is 13.2 Å². The number of hydrogen-bond acceptors (Lipinski definition) is 5. The second-order valence-electron chi connectivity index (χ2n) is 4.66. The summed E-state index contributed by atoms with van der Waals surface area (Å²) in [5.74, 6) is 0.252.